The van der Waals surface area contributed by atoms with Crippen LogP contribution < -0.4 is 4.74 Å². The predicted molar refractivity (Wildman–Crippen MR) is 54.1 cm³/mol. The van der Waals surface area contributed by atoms with E-state index in [-0.39, 0.29) is 12.5 Å². The van der Waals surface area contributed by atoms with Crippen LogP contribution in [0.3, 0.4) is 0 Å². The van der Waals surface area contributed by atoms with Crippen LogP contribution in [-0.4, -0.2) is 18.3 Å². The Hall–Kier alpha value is -0.540. The van der Waals surface area contributed by atoms with Crippen LogP contribution in [-0.2, 0) is 0 Å². The van der Waals surface area contributed by atoms with Crippen molar-refractivity contribution in [1.82, 2.24) is 0 Å². The molecule has 0 spiro atoms. The molecule has 2 rings (SSSR count). The fourth-order valence-electron chi connectivity index (χ4n) is 1.65. The van der Waals surface area contributed by atoms with Gasteiger partial charge < -0.3 is 9.84 Å². The average Bonchev–Trinajstić information content (AvgIpc) is 2.18. The molecule has 0 saturated heterocycles. The van der Waals surface area contributed by atoms with Crippen LogP contribution in [0.2, 0.25) is 0 Å². The Balaban J connectivity index is 2.45. The summed E-state index contributed by atoms with van der Waals surface area (Å²) >= 11 is 3.43. The van der Waals surface area contributed by atoms with Crippen molar-refractivity contribution in [3.05, 3.63) is 28.2 Å². The Kier molecular flexibility index (Phi) is 2.56. The molecule has 1 aliphatic heterocycles. The standard InChI is InChI=1S/C10H11BrO2/c11-9-3-1-2-8-7(6-12)4-5-13-10(8)9/h1-3,7,12H,4-6H2/t7-/m1/s1. The third-order valence-electron chi connectivity index (χ3n) is 2.37. The molecule has 1 heterocycles. The third-order valence-corrected chi connectivity index (χ3v) is 2.99. The lowest BCUT2D eigenvalue weighted by molar-refractivity contribution is 0.204. The van der Waals surface area contributed by atoms with Crippen LogP contribution in [0.1, 0.15) is 17.9 Å². The highest BCUT2D eigenvalue weighted by Gasteiger charge is 2.21. The minimum absolute atomic E-state index is 0.201. The minimum Gasteiger partial charge on any atom is -0.492 e. The van der Waals surface area contributed by atoms with E-state index >= 15 is 0 Å². The zero-order valence-electron chi connectivity index (χ0n) is 7.16. The number of aliphatic hydroxyl groups excluding tert-OH is 1. The van der Waals surface area contributed by atoms with Gasteiger partial charge in [-0.25, -0.2) is 0 Å². The SMILES string of the molecule is OC[C@H]1CCOc2c(Br)cccc21. The van der Waals surface area contributed by atoms with Gasteiger partial charge >= 0.3 is 0 Å². The van der Waals surface area contributed by atoms with Crippen molar-refractivity contribution in [1.29, 1.82) is 0 Å². The number of para-hydroxylation sites is 1. The predicted octanol–water partition coefficient (Wildman–Crippen LogP) is 2.31. The first-order chi connectivity index (χ1) is 6.33. The Labute approximate surface area is 85.7 Å². The van der Waals surface area contributed by atoms with Crippen molar-refractivity contribution in [3.63, 3.8) is 0 Å². The van der Waals surface area contributed by atoms with E-state index in [9.17, 15) is 0 Å². The molecule has 0 aliphatic carbocycles. The molecule has 0 aromatic heterocycles. The van der Waals surface area contributed by atoms with Crippen LogP contribution in [0.4, 0.5) is 0 Å². The quantitative estimate of drug-likeness (QED) is 0.820. The van der Waals surface area contributed by atoms with E-state index in [1.807, 2.05) is 18.2 Å². The molecular formula is C10H11BrO2. The molecule has 1 N–H and O–H groups in total. The zero-order valence-corrected chi connectivity index (χ0v) is 8.75. The summed E-state index contributed by atoms with van der Waals surface area (Å²) < 4.78 is 6.50. The normalized spacial score (nSPS) is 20.6. The molecule has 3 heteroatoms. The van der Waals surface area contributed by atoms with Gasteiger partial charge in [-0.1, -0.05) is 12.1 Å². The lowest BCUT2D eigenvalue weighted by Gasteiger charge is -2.25. The topological polar surface area (TPSA) is 29.5 Å². The minimum atomic E-state index is 0.201. The Morgan fingerprint density at radius 2 is 2.38 bits per heavy atom. The van der Waals surface area contributed by atoms with Gasteiger partial charge in [0.1, 0.15) is 5.75 Å². The molecule has 0 unspecified atom stereocenters. The summed E-state index contributed by atoms with van der Waals surface area (Å²) in [5.41, 5.74) is 1.11. The Morgan fingerprint density at radius 3 is 3.15 bits per heavy atom. The highest BCUT2D eigenvalue weighted by Crippen LogP contribution is 2.38. The second kappa shape index (κ2) is 3.68. The lowest BCUT2D eigenvalue weighted by atomic mass is 9.94. The highest BCUT2D eigenvalue weighted by atomic mass is 79.9. The molecule has 0 radical (unpaired) electrons. The summed E-state index contributed by atoms with van der Waals surface area (Å²) in [6.45, 7) is 0.896. The fraction of sp³-hybridized carbons (Fsp3) is 0.400. The number of hydrogen-bond donors (Lipinski definition) is 1. The molecule has 1 aliphatic rings. The second-order valence-electron chi connectivity index (χ2n) is 3.17. The van der Waals surface area contributed by atoms with Gasteiger partial charge in [0.25, 0.3) is 0 Å². The van der Waals surface area contributed by atoms with Crippen LogP contribution >= 0.6 is 15.9 Å². The molecule has 13 heavy (non-hydrogen) atoms. The van der Waals surface area contributed by atoms with E-state index in [2.05, 4.69) is 15.9 Å². The van der Waals surface area contributed by atoms with Gasteiger partial charge in [-0.05, 0) is 28.4 Å². The molecule has 1 aromatic carbocycles. The molecule has 1 atom stereocenters. The van der Waals surface area contributed by atoms with Gasteiger partial charge in [0.15, 0.2) is 0 Å². The molecule has 1 aromatic rings. The number of hydrogen-bond acceptors (Lipinski definition) is 2. The van der Waals surface area contributed by atoms with E-state index in [4.69, 9.17) is 9.84 Å². The first-order valence-corrected chi connectivity index (χ1v) is 5.14. The average molecular weight is 243 g/mol. The maximum atomic E-state index is 9.16. The molecule has 2 nitrogen and oxygen atoms in total. The molecule has 70 valence electrons. The van der Waals surface area contributed by atoms with Crippen molar-refractivity contribution in [3.8, 4) is 5.75 Å². The summed E-state index contributed by atoms with van der Waals surface area (Å²) in [7, 11) is 0. The van der Waals surface area contributed by atoms with E-state index < -0.39 is 0 Å². The fourth-order valence-corrected chi connectivity index (χ4v) is 2.14. The largest absolute Gasteiger partial charge is 0.492 e. The molecule has 0 saturated carbocycles. The van der Waals surface area contributed by atoms with Crippen molar-refractivity contribution in [2.24, 2.45) is 0 Å². The maximum absolute atomic E-state index is 9.16. The number of fused-ring (bicyclic) bond motifs is 1. The monoisotopic (exact) mass is 242 g/mol. The zero-order chi connectivity index (χ0) is 9.26. The Bertz CT molecular complexity index is 312. The lowest BCUT2D eigenvalue weighted by Crippen LogP contribution is -2.17. The van der Waals surface area contributed by atoms with Crippen LogP contribution in [0.15, 0.2) is 22.7 Å². The van der Waals surface area contributed by atoms with E-state index in [1.54, 1.807) is 0 Å². The Morgan fingerprint density at radius 1 is 1.54 bits per heavy atom. The summed E-state index contributed by atoms with van der Waals surface area (Å²) in [6.07, 6.45) is 0.903. The van der Waals surface area contributed by atoms with E-state index in [1.165, 1.54) is 0 Å². The van der Waals surface area contributed by atoms with Gasteiger partial charge in [-0.2, -0.15) is 0 Å². The number of ether oxygens (including phenoxy) is 1. The molecule has 0 bridgehead atoms. The van der Waals surface area contributed by atoms with E-state index in [0.717, 1.165) is 22.2 Å². The van der Waals surface area contributed by atoms with Gasteiger partial charge in [-0.15, -0.1) is 0 Å². The third kappa shape index (κ3) is 1.58. The van der Waals surface area contributed by atoms with E-state index in [0.29, 0.717) is 6.61 Å². The molecule has 0 amide bonds. The number of rotatable bonds is 1. The highest BCUT2D eigenvalue weighted by molar-refractivity contribution is 9.10. The number of aliphatic hydroxyl groups is 1. The van der Waals surface area contributed by atoms with Crippen molar-refractivity contribution < 1.29 is 9.84 Å². The first-order valence-electron chi connectivity index (χ1n) is 4.35. The number of benzene rings is 1. The summed E-state index contributed by atoms with van der Waals surface area (Å²) in [6, 6.07) is 5.94. The summed E-state index contributed by atoms with van der Waals surface area (Å²) in [5.74, 6) is 1.13. The van der Waals surface area contributed by atoms with Gasteiger partial charge in [0.05, 0.1) is 17.7 Å². The van der Waals surface area contributed by atoms with Crippen molar-refractivity contribution in [2.75, 3.05) is 13.2 Å². The van der Waals surface area contributed by atoms with Crippen LogP contribution in [0, 0.1) is 0 Å². The first kappa shape index (κ1) is 9.03. The molecular weight excluding hydrogens is 232 g/mol. The van der Waals surface area contributed by atoms with Crippen LogP contribution in [0.5, 0.6) is 5.75 Å². The maximum Gasteiger partial charge on any atom is 0.137 e. The van der Waals surface area contributed by atoms with Crippen molar-refractivity contribution >= 4 is 15.9 Å². The summed E-state index contributed by atoms with van der Waals surface area (Å²) in [4.78, 5) is 0. The smallest absolute Gasteiger partial charge is 0.137 e. The van der Waals surface area contributed by atoms with Gasteiger partial charge in [-0.3, -0.25) is 0 Å². The van der Waals surface area contributed by atoms with Gasteiger partial charge in [0.2, 0.25) is 0 Å². The number of halogens is 1. The summed E-state index contributed by atoms with van der Waals surface area (Å²) in [5, 5.41) is 9.16. The van der Waals surface area contributed by atoms with Gasteiger partial charge in [0, 0.05) is 11.5 Å². The molecule has 0 fully saturated rings. The van der Waals surface area contributed by atoms with Crippen LogP contribution in [0.25, 0.3) is 0 Å². The second-order valence-corrected chi connectivity index (χ2v) is 4.03. The van der Waals surface area contributed by atoms with Crippen molar-refractivity contribution in [2.45, 2.75) is 12.3 Å².